The van der Waals surface area contributed by atoms with E-state index in [1.54, 1.807) is 13.8 Å². The summed E-state index contributed by atoms with van der Waals surface area (Å²) in [6.07, 6.45) is -5.08. The molecular weight excluding hydrogens is 248 g/mol. The lowest BCUT2D eigenvalue weighted by atomic mass is 10.2. The summed E-state index contributed by atoms with van der Waals surface area (Å²) in [5.74, 6) is 0. The van der Waals surface area contributed by atoms with Gasteiger partial charge in [-0.2, -0.15) is 17.6 Å². The maximum Gasteiger partial charge on any atom is 0.416 e. The minimum Gasteiger partial charge on any atom is -0.335 e. The van der Waals surface area contributed by atoms with Crippen molar-refractivity contribution in [3.05, 3.63) is 36.2 Å². The van der Waals surface area contributed by atoms with Gasteiger partial charge in [0.25, 0.3) is 0 Å². The van der Waals surface area contributed by atoms with Crippen molar-refractivity contribution in [3.8, 4) is 0 Å². The van der Waals surface area contributed by atoms with Gasteiger partial charge in [0, 0.05) is 18.8 Å². The van der Waals surface area contributed by atoms with E-state index >= 15 is 0 Å². The van der Waals surface area contributed by atoms with Crippen molar-refractivity contribution in [1.82, 2.24) is 4.90 Å². The Morgan fingerprint density at radius 3 is 2.33 bits per heavy atom. The second-order valence-electron chi connectivity index (χ2n) is 3.67. The molecule has 0 aliphatic heterocycles. The van der Waals surface area contributed by atoms with Crippen LogP contribution in [0.2, 0.25) is 0 Å². The van der Waals surface area contributed by atoms with Crippen LogP contribution in [0.3, 0.4) is 0 Å². The number of rotatable bonds is 5. The van der Waals surface area contributed by atoms with Crippen molar-refractivity contribution in [2.45, 2.75) is 20.0 Å². The van der Waals surface area contributed by atoms with Crippen molar-refractivity contribution >= 4 is 5.69 Å². The highest BCUT2D eigenvalue weighted by molar-refractivity contribution is 5.48. The quantitative estimate of drug-likeness (QED) is 0.640. The first-order valence-electron chi connectivity index (χ1n) is 5.60. The molecule has 1 radical (unpaired) electrons. The van der Waals surface area contributed by atoms with Crippen molar-refractivity contribution in [2.75, 3.05) is 18.4 Å². The largest absolute Gasteiger partial charge is 0.416 e. The zero-order chi connectivity index (χ0) is 13.8. The lowest BCUT2D eigenvalue weighted by Gasteiger charge is -2.22. The molecule has 18 heavy (non-hydrogen) atoms. The topological polar surface area (TPSA) is 15.3 Å². The Bertz CT molecular complexity index is 375. The Morgan fingerprint density at radius 2 is 1.83 bits per heavy atom. The van der Waals surface area contributed by atoms with Gasteiger partial charge in [0.15, 0.2) is 0 Å². The molecule has 0 atom stereocenters. The lowest BCUT2D eigenvalue weighted by Crippen LogP contribution is -2.30. The van der Waals surface area contributed by atoms with Crippen LogP contribution >= 0.6 is 0 Å². The summed E-state index contributed by atoms with van der Waals surface area (Å²) in [5.41, 5.74) is -0.728. The number of hydrogen-bond donors (Lipinski definition) is 1. The molecule has 0 fully saturated rings. The van der Waals surface area contributed by atoms with Crippen LogP contribution in [0.1, 0.15) is 19.4 Å². The Morgan fingerprint density at radius 1 is 1.22 bits per heavy atom. The van der Waals surface area contributed by atoms with Crippen LogP contribution < -0.4 is 5.32 Å². The van der Waals surface area contributed by atoms with Crippen molar-refractivity contribution in [2.24, 2.45) is 0 Å². The Labute approximate surface area is 104 Å². The molecule has 0 aromatic heterocycles. The molecule has 0 unspecified atom stereocenters. The molecule has 1 aromatic carbocycles. The molecule has 0 aliphatic carbocycles. The third-order valence-electron chi connectivity index (χ3n) is 2.48. The number of halogens is 4. The van der Waals surface area contributed by atoms with E-state index in [9.17, 15) is 17.6 Å². The maximum atomic E-state index is 13.6. The molecule has 0 heterocycles. The van der Waals surface area contributed by atoms with Gasteiger partial charge in [0.2, 0.25) is 0 Å². The van der Waals surface area contributed by atoms with Crippen LogP contribution in [0, 0.1) is 6.42 Å². The molecule has 0 amide bonds. The van der Waals surface area contributed by atoms with Crippen LogP contribution in [-0.2, 0) is 6.18 Å². The Balaban J connectivity index is 2.79. The molecule has 1 aromatic rings. The summed E-state index contributed by atoms with van der Waals surface area (Å²) in [6, 6.07) is 4.45. The predicted octanol–water partition coefficient (Wildman–Crippen LogP) is 3.88. The summed E-state index contributed by atoms with van der Waals surface area (Å²) >= 11 is 0. The van der Waals surface area contributed by atoms with Gasteiger partial charge in [0.1, 0.15) is 0 Å². The van der Waals surface area contributed by atoms with Gasteiger partial charge < -0.3 is 5.32 Å². The van der Waals surface area contributed by atoms with Crippen LogP contribution in [0.4, 0.5) is 23.2 Å². The average Bonchev–Trinajstić information content (AvgIpc) is 2.29. The zero-order valence-electron chi connectivity index (χ0n) is 10.2. The Kier molecular flexibility index (Phi) is 4.95. The summed E-state index contributed by atoms with van der Waals surface area (Å²) in [7, 11) is 0. The molecule has 0 bridgehead atoms. The van der Waals surface area contributed by atoms with Gasteiger partial charge >= 0.3 is 12.6 Å². The number of alkyl halides is 3. The van der Waals surface area contributed by atoms with Gasteiger partial charge in [-0.25, -0.2) is 4.90 Å². The van der Waals surface area contributed by atoms with Gasteiger partial charge in [-0.15, -0.1) is 0 Å². The number of nitrogens with one attached hydrogen (secondary N) is 1. The highest BCUT2D eigenvalue weighted by Crippen LogP contribution is 2.31. The molecule has 0 saturated heterocycles. The lowest BCUT2D eigenvalue weighted by molar-refractivity contribution is -0.137. The molecule has 0 aliphatic rings. The van der Waals surface area contributed by atoms with Gasteiger partial charge in [-0.3, -0.25) is 0 Å². The van der Waals surface area contributed by atoms with E-state index in [-0.39, 0.29) is 5.69 Å². The van der Waals surface area contributed by atoms with Crippen molar-refractivity contribution in [1.29, 1.82) is 0 Å². The average molecular weight is 263 g/mol. The van der Waals surface area contributed by atoms with E-state index in [2.05, 4.69) is 5.32 Å². The van der Waals surface area contributed by atoms with E-state index in [0.717, 1.165) is 12.1 Å². The van der Waals surface area contributed by atoms with Crippen LogP contribution in [-0.4, -0.2) is 18.0 Å². The molecule has 1 N–H and O–H groups in total. The monoisotopic (exact) mass is 263 g/mol. The van der Waals surface area contributed by atoms with E-state index in [0.29, 0.717) is 13.1 Å². The van der Waals surface area contributed by atoms with E-state index in [1.807, 2.05) is 0 Å². The van der Waals surface area contributed by atoms with Crippen LogP contribution in [0.5, 0.6) is 0 Å². The molecule has 101 valence electrons. The first-order valence-corrected chi connectivity index (χ1v) is 5.60. The van der Waals surface area contributed by atoms with E-state index in [1.165, 1.54) is 17.0 Å². The second-order valence-corrected chi connectivity index (χ2v) is 3.67. The normalized spacial score (nSPS) is 12.2. The fourth-order valence-corrected chi connectivity index (χ4v) is 1.47. The third-order valence-corrected chi connectivity index (χ3v) is 2.48. The molecule has 6 heteroatoms. The highest BCUT2D eigenvalue weighted by Gasteiger charge is 2.30. The van der Waals surface area contributed by atoms with Gasteiger partial charge in [0.05, 0.1) is 5.56 Å². The minimum atomic E-state index is -4.43. The molecule has 0 saturated carbocycles. The highest BCUT2D eigenvalue weighted by atomic mass is 19.4. The number of anilines is 1. The first kappa shape index (κ1) is 14.8. The summed E-state index contributed by atoms with van der Waals surface area (Å²) in [5, 5.41) is 2.33. The summed E-state index contributed by atoms with van der Waals surface area (Å²) < 4.78 is 51.0. The third kappa shape index (κ3) is 3.87. The minimum absolute atomic E-state index is 0.0780. The second kappa shape index (κ2) is 6.04. The van der Waals surface area contributed by atoms with Crippen molar-refractivity contribution in [3.63, 3.8) is 0 Å². The fraction of sp³-hybridized carbons (Fsp3) is 0.417. The molecule has 0 spiro atoms. The number of benzene rings is 1. The number of nitrogens with zero attached hydrogens (tertiary/aromatic N) is 1. The van der Waals surface area contributed by atoms with Crippen LogP contribution in [0.15, 0.2) is 24.3 Å². The van der Waals surface area contributed by atoms with E-state index in [4.69, 9.17) is 0 Å². The van der Waals surface area contributed by atoms with Gasteiger partial charge in [-0.1, -0.05) is 19.9 Å². The van der Waals surface area contributed by atoms with Crippen LogP contribution in [0.25, 0.3) is 0 Å². The predicted molar refractivity (Wildman–Crippen MR) is 62.3 cm³/mol. The van der Waals surface area contributed by atoms with E-state index < -0.39 is 18.2 Å². The molecule has 1 rings (SSSR count). The maximum absolute atomic E-state index is 13.6. The van der Waals surface area contributed by atoms with Gasteiger partial charge in [-0.05, 0) is 18.2 Å². The molecular formula is C12H15F4N2. The fourth-order valence-electron chi connectivity index (χ4n) is 1.47. The van der Waals surface area contributed by atoms with Crippen molar-refractivity contribution < 1.29 is 17.6 Å². The SMILES string of the molecule is CCN(CC)[C](F)Nc1cccc(C(F)(F)F)c1. The Hall–Kier alpha value is -1.30. The first-order chi connectivity index (χ1) is 8.38. The summed E-state index contributed by atoms with van der Waals surface area (Å²) in [6.45, 7) is 4.40. The number of hydrogen-bond acceptors (Lipinski definition) is 2. The smallest absolute Gasteiger partial charge is 0.335 e. The summed E-state index contributed by atoms with van der Waals surface area (Å²) in [4.78, 5) is 1.38. The zero-order valence-corrected chi connectivity index (χ0v) is 10.2. The molecule has 2 nitrogen and oxygen atoms in total. The standard InChI is InChI=1S/C12H15F4N2/c1-3-18(4-2)11(13)17-10-7-5-6-9(8-10)12(14,15)16/h5-8,17H,3-4H2,1-2H3.